The standard InChI is InChI=1S/C25H26O5S/c1-3-28-24(26)14-30-25(16-27-17-25)21-7-9-22(10-8-21)29-13-19-5-4-6-20(12-19)23-11-18(2)15-31-23/h4-12,15H,3,13-14,16-17H2,1-2H3. The first-order valence-electron chi connectivity index (χ1n) is 10.3. The van der Waals surface area contributed by atoms with Gasteiger partial charge in [0, 0.05) is 4.88 Å². The SMILES string of the molecule is CCOC(=O)COC1(c2ccc(OCc3cccc(-c4cc(C)cs4)c3)cc2)COC1. The summed E-state index contributed by atoms with van der Waals surface area (Å²) in [6.07, 6.45) is 0. The smallest absolute Gasteiger partial charge is 0.332 e. The molecule has 0 saturated carbocycles. The maximum atomic E-state index is 11.6. The van der Waals surface area contributed by atoms with Crippen molar-refractivity contribution in [2.75, 3.05) is 26.4 Å². The van der Waals surface area contributed by atoms with Gasteiger partial charge in [0.15, 0.2) is 0 Å². The van der Waals surface area contributed by atoms with Crippen LogP contribution in [-0.4, -0.2) is 32.4 Å². The second kappa shape index (κ2) is 9.64. The third kappa shape index (κ3) is 5.15. The normalized spacial score (nSPS) is 14.6. The molecule has 0 bridgehead atoms. The lowest BCUT2D eigenvalue weighted by Gasteiger charge is -2.41. The van der Waals surface area contributed by atoms with E-state index in [0.29, 0.717) is 26.4 Å². The molecule has 4 rings (SSSR count). The molecule has 1 aliphatic heterocycles. The van der Waals surface area contributed by atoms with Gasteiger partial charge >= 0.3 is 5.97 Å². The monoisotopic (exact) mass is 438 g/mol. The zero-order valence-corrected chi connectivity index (χ0v) is 18.6. The first-order valence-corrected chi connectivity index (χ1v) is 11.2. The van der Waals surface area contributed by atoms with Gasteiger partial charge in [-0.1, -0.05) is 30.3 Å². The number of rotatable bonds is 9. The Balaban J connectivity index is 1.37. The Bertz CT molecular complexity index is 1020. The maximum Gasteiger partial charge on any atom is 0.332 e. The predicted octanol–water partition coefficient (Wildman–Crippen LogP) is 5.11. The summed E-state index contributed by atoms with van der Waals surface area (Å²) in [5, 5.41) is 2.16. The largest absolute Gasteiger partial charge is 0.489 e. The van der Waals surface area contributed by atoms with Gasteiger partial charge < -0.3 is 18.9 Å². The topological polar surface area (TPSA) is 54.0 Å². The van der Waals surface area contributed by atoms with Gasteiger partial charge in [-0.3, -0.25) is 0 Å². The van der Waals surface area contributed by atoms with Gasteiger partial charge in [-0.25, -0.2) is 4.79 Å². The van der Waals surface area contributed by atoms with E-state index in [0.717, 1.165) is 16.9 Å². The minimum Gasteiger partial charge on any atom is -0.489 e. The number of esters is 1. The summed E-state index contributed by atoms with van der Waals surface area (Å²) < 4.78 is 22.2. The highest BCUT2D eigenvalue weighted by molar-refractivity contribution is 7.13. The maximum absolute atomic E-state index is 11.6. The Hall–Kier alpha value is -2.67. The van der Waals surface area contributed by atoms with Crippen LogP contribution in [-0.2, 0) is 31.2 Å². The predicted molar refractivity (Wildman–Crippen MR) is 120 cm³/mol. The summed E-state index contributed by atoms with van der Waals surface area (Å²) in [7, 11) is 0. The van der Waals surface area contributed by atoms with Crippen LogP contribution in [0.1, 0.15) is 23.6 Å². The minimum atomic E-state index is -0.599. The summed E-state index contributed by atoms with van der Waals surface area (Å²) >= 11 is 1.75. The molecule has 0 N–H and O–H groups in total. The summed E-state index contributed by atoms with van der Waals surface area (Å²) in [6, 6.07) is 18.4. The lowest BCUT2D eigenvalue weighted by molar-refractivity contribution is -0.221. The van der Waals surface area contributed by atoms with Crippen LogP contribution in [0.4, 0.5) is 0 Å². The van der Waals surface area contributed by atoms with E-state index in [1.807, 2.05) is 24.3 Å². The van der Waals surface area contributed by atoms with Crippen LogP contribution in [0.2, 0.25) is 0 Å². The number of thiophene rings is 1. The van der Waals surface area contributed by atoms with E-state index in [-0.39, 0.29) is 12.6 Å². The lowest BCUT2D eigenvalue weighted by Crippen LogP contribution is -2.49. The molecule has 0 aliphatic carbocycles. The lowest BCUT2D eigenvalue weighted by atomic mass is 9.91. The molecule has 0 spiro atoms. The van der Waals surface area contributed by atoms with Gasteiger partial charge in [0.05, 0.1) is 19.8 Å². The molecule has 1 fully saturated rings. The second-order valence-electron chi connectivity index (χ2n) is 7.58. The van der Waals surface area contributed by atoms with Crippen molar-refractivity contribution in [2.45, 2.75) is 26.1 Å². The van der Waals surface area contributed by atoms with E-state index in [2.05, 4.69) is 42.6 Å². The Morgan fingerprint density at radius 3 is 2.58 bits per heavy atom. The van der Waals surface area contributed by atoms with Gasteiger partial charge in [-0.05, 0) is 65.7 Å². The molecular weight excluding hydrogens is 412 g/mol. The Kier molecular flexibility index (Phi) is 6.70. The molecule has 1 aliphatic rings. The van der Waals surface area contributed by atoms with Gasteiger partial charge in [0.25, 0.3) is 0 Å². The van der Waals surface area contributed by atoms with Crippen LogP contribution < -0.4 is 4.74 Å². The number of benzene rings is 2. The summed E-state index contributed by atoms with van der Waals surface area (Å²) in [5.41, 5.74) is 3.97. The fourth-order valence-electron chi connectivity index (χ4n) is 3.44. The van der Waals surface area contributed by atoms with E-state index in [1.54, 1.807) is 18.3 Å². The van der Waals surface area contributed by atoms with E-state index < -0.39 is 5.60 Å². The van der Waals surface area contributed by atoms with E-state index in [1.165, 1.54) is 16.0 Å². The van der Waals surface area contributed by atoms with Gasteiger partial charge in [0.1, 0.15) is 24.6 Å². The van der Waals surface area contributed by atoms with Crippen molar-refractivity contribution in [1.29, 1.82) is 0 Å². The molecule has 0 amide bonds. The molecule has 0 atom stereocenters. The third-order valence-corrected chi connectivity index (χ3v) is 6.27. The Morgan fingerprint density at radius 1 is 1.13 bits per heavy atom. The van der Waals surface area contributed by atoms with Gasteiger partial charge in [-0.2, -0.15) is 0 Å². The molecule has 3 aromatic rings. The highest BCUT2D eigenvalue weighted by atomic mass is 32.1. The van der Waals surface area contributed by atoms with E-state index in [4.69, 9.17) is 18.9 Å². The number of carbonyl (C=O) groups is 1. The van der Waals surface area contributed by atoms with Crippen molar-refractivity contribution in [1.82, 2.24) is 0 Å². The highest BCUT2D eigenvalue weighted by Crippen LogP contribution is 2.35. The third-order valence-electron chi connectivity index (χ3n) is 5.17. The number of carbonyl (C=O) groups excluding carboxylic acids is 1. The van der Waals surface area contributed by atoms with Crippen molar-refractivity contribution >= 4 is 17.3 Å². The van der Waals surface area contributed by atoms with Crippen molar-refractivity contribution < 1.29 is 23.7 Å². The summed E-state index contributed by atoms with van der Waals surface area (Å²) in [4.78, 5) is 12.9. The Labute approximate surface area is 186 Å². The van der Waals surface area contributed by atoms with Crippen molar-refractivity contribution in [3.63, 3.8) is 0 Å². The van der Waals surface area contributed by atoms with Crippen LogP contribution in [0.15, 0.2) is 60.0 Å². The molecule has 5 nitrogen and oxygen atoms in total. The van der Waals surface area contributed by atoms with Crippen LogP contribution in [0.5, 0.6) is 5.75 Å². The summed E-state index contributed by atoms with van der Waals surface area (Å²) in [5.74, 6) is 0.413. The number of hydrogen-bond donors (Lipinski definition) is 0. The molecule has 2 aromatic carbocycles. The fourth-order valence-corrected chi connectivity index (χ4v) is 4.34. The van der Waals surface area contributed by atoms with Crippen molar-refractivity contribution in [3.05, 3.63) is 76.7 Å². The first-order chi connectivity index (χ1) is 15.1. The Morgan fingerprint density at radius 2 is 1.94 bits per heavy atom. The molecule has 1 saturated heterocycles. The van der Waals surface area contributed by atoms with Crippen LogP contribution >= 0.6 is 11.3 Å². The minimum absolute atomic E-state index is 0.0877. The van der Waals surface area contributed by atoms with Gasteiger partial charge in [0.2, 0.25) is 0 Å². The average Bonchev–Trinajstić information content (AvgIpc) is 3.19. The zero-order valence-electron chi connectivity index (χ0n) is 17.8. The average molecular weight is 439 g/mol. The van der Waals surface area contributed by atoms with E-state index >= 15 is 0 Å². The van der Waals surface area contributed by atoms with Gasteiger partial charge in [-0.15, -0.1) is 11.3 Å². The second-order valence-corrected chi connectivity index (χ2v) is 8.49. The van der Waals surface area contributed by atoms with Crippen LogP contribution in [0, 0.1) is 6.92 Å². The molecule has 0 unspecified atom stereocenters. The quantitative estimate of drug-likeness (QED) is 0.435. The molecular formula is C25H26O5S. The molecule has 1 aromatic heterocycles. The highest BCUT2D eigenvalue weighted by Gasteiger charge is 2.42. The summed E-state index contributed by atoms with van der Waals surface area (Å²) in [6.45, 7) is 5.47. The molecule has 2 heterocycles. The molecule has 6 heteroatoms. The molecule has 31 heavy (non-hydrogen) atoms. The fraction of sp³-hybridized carbons (Fsp3) is 0.320. The van der Waals surface area contributed by atoms with Crippen LogP contribution in [0.25, 0.3) is 10.4 Å². The number of aryl methyl sites for hydroxylation is 1. The number of hydrogen-bond acceptors (Lipinski definition) is 6. The van der Waals surface area contributed by atoms with Crippen molar-refractivity contribution in [2.24, 2.45) is 0 Å². The first kappa shape index (κ1) is 21.6. The zero-order chi connectivity index (χ0) is 21.7. The number of ether oxygens (including phenoxy) is 4. The molecule has 162 valence electrons. The van der Waals surface area contributed by atoms with Crippen molar-refractivity contribution in [3.8, 4) is 16.2 Å². The molecule has 0 radical (unpaired) electrons. The van der Waals surface area contributed by atoms with E-state index in [9.17, 15) is 4.79 Å². The van der Waals surface area contributed by atoms with Crippen LogP contribution in [0.3, 0.4) is 0 Å².